The molecule has 0 heterocycles. The van der Waals surface area contributed by atoms with Gasteiger partial charge >= 0.3 is 0 Å². The first-order valence-corrected chi connectivity index (χ1v) is 6.37. The van der Waals surface area contributed by atoms with Crippen molar-refractivity contribution < 1.29 is 9.84 Å². The summed E-state index contributed by atoms with van der Waals surface area (Å²) in [6.45, 7) is 6.26. The van der Waals surface area contributed by atoms with Crippen LogP contribution < -0.4 is 0 Å². The van der Waals surface area contributed by atoms with Gasteiger partial charge in [-0.3, -0.25) is 0 Å². The predicted octanol–water partition coefficient (Wildman–Crippen LogP) is 2.86. The highest BCUT2D eigenvalue weighted by Gasteiger charge is 2.47. The average Bonchev–Trinajstić information content (AvgIpc) is 2.34. The summed E-state index contributed by atoms with van der Waals surface area (Å²) in [5.74, 6) is 1.04. The van der Waals surface area contributed by atoms with Gasteiger partial charge in [-0.05, 0) is 29.2 Å². The second kappa shape index (κ2) is 5.19. The molecule has 1 aliphatic rings. The lowest BCUT2D eigenvalue weighted by Crippen LogP contribution is -2.48. The maximum atomic E-state index is 9.20. The Bertz CT molecular complexity index is 345. The summed E-state index contributed by atoms with van der Waals surface area (Å²) in [7, 11) is 0. The second-order valence-corrected chi connectivity index (χ2v) is 5.63. The molecule has 0 radical (unpaired) electrons. The van der Waals surface area contributed by atoms with E-state index in [-0.39, 0.29) is 5.41 Å². The fourth-order valence-electron chi connectivity index (χ4n) is 2.61. The summed E-state index contributed by atoms with van der Waals surface area (Å²) in [5, 5.41) is 9.20. The Balaban J connectivity index is 1.74. The number of benzene rings is 1. The van der Waals surface area contributed by atoms with Crippen LogP contribution in [0.25, 0.3) is 0 Å². The van der Waals surface area contributed by atoms with Crippen molar-refractivity contribution in [3.63, 3.8) is 0 Å². The van der Waals surface area contributed by atoms with Crippen molar-refractivity contribution in [2.75, 3.05) is 13.2 Å². The molecule has 17 heavy (non-hydrogen) atoms. The van der Waals surface area contributed by atoms with E-state index in [0.29, 0.717) is 25.0 Å². The molecule has 2 atom stereocenters. The molecule has 1 aromatic rings. The van der Waals surface area contributed by atoms with Crippen LogP contribution in [0, 0.1) is 17.3 Å². The first kappa shape index (κ1) is 12.6. The number of aliphatic hydroxyl groups is 1. The molecule has 94 valence electrons. The minimum absolute atomic E-state index is 0.228. The zero-order valence-corrected chi connectivity index (χ0v) is 10.7. The van der Waals surface area contributed by atoms with Crippen molar-refractivity contribution in [3.8, 4) is 0 Å². The maximum Gasteiger partial charge on any atom is 0.0717 e. The minimum Gasteiger partial charge on any atom is -0.396 e. The summed E-state index contributed by atoms with van der Waals surface area (Å²) in [4.78, 5) is 0. The van der Waals surface area contributed by atoms with Crippen molar-refractivity contribution in [2.24, 2.45) is 17.3 Å². The lowest BCUT2D eigenvalue weighted by molar-refractivity contribution is -0.0933. The van der Waals surface area contributed by atoms with E-state index >= 15 is 0 Å². The smallest absolute Gasteiger partial charge is 0.0717 e. The van der Waals surface area contributed by atoms with E-state index in [1.165, 1.54) is 5.56 Å². The second-order valence-electron chi connectivity index (χ2n) is 5.63. The quantitative estimate of drug-likeness (QED) is 0.849. The highest BCUT2D eigenvalue weighted by Crippen LogP contribution is 2.50. The summed E-state index contributed by atoms with van der Waals surface area (Å²) in [6.07, 6.45) is 1.10. The third-order valence-electron chi connectivity index (χ3n) is 4.32. The van der Waals surface area contributed by atoms with Crippen molar-refractivity contribution in [2.45, 2.75) is 26.9 Å². The van der Waals surface area contributed by atoms with Gasteiger partial charge in [-0.2, -0.15) is 0 Å². The molecule has 1 aliphatic carbocycles. The Morgan fingerprint density at radius 3 is 2.53 bits per heavy atom. The summed E-state index contributed by atoms with van der Waals surface area (Å²) in [5.41, 5.74) is 1.45. The minimum atomic E-state index is 0.228. The third-order valence-corrected chi connectivity index (χ3v) is 4.32. The molecular weight excluding hydrogens is 212 g/mol. The molecule has 0 spiro atoms. The van der Waals surface area contributed by atoms with Crippen molar-refractivity contribution >= 4 is 0 Å². The van der Waals surface area contributed by atoms with Crippen molar-refractivity contribution in [1.29, 1.82) is 0 Å². The van der Waals surface area contributed by atoms with Gasteiger partial charge in [0.05, 0.1) is 13.2 Å². The molecule has 0 unspecified atom stereocenters. The number of hydrogen-bond acceptors (Lipinski definition) is 2. The standard InChI is InChI=1S/C15H22O2/c1-15(2)13(9-16)8-14(15)11-17-10-12-6-4-3-5-7-12/h3-7,13-14,16H,8-11H2,1-2H3/t13-,14+/m0/s1. The van der Waals surface area contributed by atoms with E-state index in [1.54, 1.807) is 0 Å². The van der Waals surface area contributed by atoms with Gasteiger partial charge in [-0.25, -0.2) is 0 Å². The molecule has 1 saturated carbocycles. The van der Waals surface area contributed by atoms with Gasteiger partial charge < -0.3 is 9.84 Å². The van der Waals surface area contributed by atoms with E-state index in [1.807, 2.05) is 18.2 Å². The lowest BCUT2D eigenvalue weighted by Gasteiger charge is -2.51. The number of aliphatic hydroxyl groups excluding tert-OH is 1. The highest BCUT2D eigenvalue weighted by atomic mass is 16.5. The number of ether oxygens (including phenoxy) is 1. The van der Waals surface area contributed by atoms with Gasteiger partial charge in [0.15, 0.2) is 0 Å². The van der Waals surface area contributed by atoms with Crippen LogP contribution in [0.3, 0.4) is 0 Å². The molecular formula is C15H22O2. The summed E-state index contributed by atoms with van der Waals surface area (Å²) in [6, 6.07) is 10.3. The first-order chi connectivity index (χ1) is 8.14. The van der Waals surface area contributed by atoms with Gasteiger partial charge in [0.2, 0.25) is 0 Å². The van der Waals surface area contributed by atoms with Crippen LogP contribution in [0.5, 0.6) is 0 Å². The van der Waals surface area contributed by atoms with Crippen LogP contribution in [0.2, 0.25) is 0 Å². The van der Waals surface area contributed by atoms with Gasteiger partial charge in [0.25, 0.3) is 0 Å². The Morgan fingerprint density at radius 1 is 1.24 bits per heavy atom. The molecule has 0 saturated heterocycles. The monoisotopic (exact) mass is 234 g/mol. The largest absolute Gasteiger partial charge is 0.396 e. The van der Waals surface area contributed by atoms with Gasteiger partial charge in [0.1, 0.15) is 0 Å². The highest BCUT2D eigenvalue weighted by molar-refractivity contribution is 5.13. The van der Waals surface area contributed by atoms with E-state index in [2.05, 4.69) is 26.0 Å². The van der Waals surface area contributed by atoms with Crippen LogP contribution in [-0.2, 0) is 11.3 Å². The summed E-state index contributed by atoms with van der Waals surface area (Å²) < 4.78 is 5.77. The van der Waals surface area contributed by atoms with Crippen LogP contribution >= 0.6 is 0 Å². The fraction of sp³-hybridized carbons (Fsp3) is 0.600. The van der Waals surface area contributed by atoms with Crippen LogP contribution in [0.15, 0.2) is 30.3 Å². The Morgan fingerprint density at radius 2 is 1.94 bits per heavy atom. The molecule has 1 aromatic carbocycles. The molecule has 2 rings (SSSR count). The molecule has 1 fully saturated rings. The maximum absolute atomic E-state index is 9.20. The zero-order valence-electron chi connectivity index (χ0n) is 10.7. The third kappa shape index (κ3) is 2.70. The van der Waals surface area contributed by atoms with E-state index in [9.17, 15) is 5.11 Å². The van der Waals surface area contributed by atoms with Crippen LogP contribution in [-0.4, -0.2) is 18.3 Å². The van der Waals surface area contributed by atoms with Crippen LogP contribution in [0.1, 0.15) is 25.8 Å². The van der Waals surface area contributed by atoms with Gasteiger partial charge in [-0.15, -0.1) is 0 Å². The van der Waals surface area contributed by atoms with E-state index in [0.717, 1.165) is 13.0 Å². The van der Waals surface area contributed by atoms with E-state index in [4.69, 9.17) is 4.74 Å². The molecule has 2 heteroatoms. The number of hydrogen-bond donors (Lipinski definition) is 1. The number of rotatable bonds is 5. The molecule has 2 nitrogen and oxygen atoms in total. The van der Waals surface area contributed by atoms with Crippen molar-refractivity contribution in [3.05, 3.63) is 35.9 Å². The predicted molar refractivity (Wildman–Crippen MR) is 68.6 cm³/mol. The van der Waals surface area contributed by atoms with Crippen LogP contribution in [0.4, 0.5) is 0 Å². The normalized spacial score (nSPS) is 26.5. The first-order valence-electron chi connectivity index (χ1n) is 6.37. The Kier molecular flexibility index (Phi) is 3.85. The van der Waals surface area contributed by atoms with Gasteiger partial charge in [-0.1, -0.05) is 44.2 Å². The fourth-order valence-corrected chi connectivity index (χ4v) is 2.61. The molecule has 0 aromatic heterocycles. The lowest BCUT2D eigenvalue weighted by atomic mass is 9.55. The molecule has 0 aliphatic heterocycles. The summed E-state index contributed by atoms with van der Waals surface area (Å²) >= 11 is 0. The molecule has 0 bridgehead atoms. The van der Waals surface area contributed by atoms with Crippen molar-refractivity contribution in [1.82, 2.24) is 0 Å². The van der Waals surface area contributed by atoms with E-state index < -0.39 is 0 Å². The SMILES string of the molecule is CC1(C)[C@H](CO)C[C@@H]1COCc1ccccc1. The zero-order chi connectivity index (χ0) is 12.3. The van der Waals surface area contributed by atoms with Gasteiger partial charge in [0, 0.05) is 6.61 Å². The topological polar surface area (TPSA) is 29.5 Å². The average molecular weight is 234 g/mol. The molecule has 0 amide bonds. The Hall–Kier alpha value is -0.860. The molecule has 1 N–H and O–H groups in total. The Labute approximate surface area is 104 Å².